The van der Waals surface area contributed by atoms with Gasteiger partial charge in [-0.15, -0.1) is 14.6 Å². The topological polar surface area (TPSA) is 113 Å². The molecule has 0 saturated carbocycles. The Balaban J connectivity index is 1.31. The van der Waals surface area contributed by atoms with Gasteiger partial charge >= 0.3 is 0 Å². The second-order valence-electron chi connectivity index (χ2n) is 6.07. The highest BCUT2D eigenvalue weighted by Crippen LogP contribution is 2.30. The molecule has 0 atom stereocenters. The monoisotopic (exact) mass is 479 g/mol. The molecule has 30 heavy (non-hydrogen) atoms. The van der Waals surface area contributed by atoms with E-state index in [2.05, 4.69) is 25.2 Å². The fourth-order valence-corrected chi connectivity index (χ4v) is 5.76. The molecule has 1 aliphatic heterocycles. The lowest BCUT2D eigenvalue weighted by atomic mass is 10.2. The highest BCUT2D eigenvalue weighted by atomic mass is 35.5. The number of thioether (sulfide) groups is 1. The zero-order chi connectivity index (χ0) is 21.1. The minimum atomic E-state index is -3.70. The fourth-order valence-electron chi connectivity index (χ4n) is 2.64. The maximum atomic E-state index is 12.1. The number of aromatic nitrogens is 2. The Hall–Kier alpha value is -2.47. The average molecular weight is 480 g/mol. The van der Waals surface area contributed by atoms with Crippen molar-refractivity contribution in [2.24, 2.45) is 4.40 Å². The van der Waals surface area contributed by atoms with Crippen molar-refractivity contribution in [2.75, 3.05) is 16.4 Å². The Kier molecular flexibility index (Phi) is 6.04. The lowest BCUT2D eigenvalue weighted by Gasteiger charge is -2.04. The predicted molar refractivity (Wildman–Crippen MR) is 119 cm³/mol. The van der Waals surface area contributed by atoms with Gasteiger partial charge in [0.05, 0.1) is 0 Å². The lowest BCUT2D eigenvalue weighted by Crippen LogP contribution is -2.11. The van der Waals surface area contributed by atoms with Crippen LogP contribution in [0, 0.1) is 0 Å². The van der Waals surface area contributed by atoms with E-state index in [1.54, 1.807) is 42.5 Å². The molecule has 1 aromatic heterocycles. The quantitative estimate of drug-likeness (QED) is 0.516. The summed E-state index contributed by atoms with van der Waals surface area (Å²) in [6.45, 7) is 0. The van der Waals surface area contributed by atoms with Crippen molar-refractivity contribution < 1.29 is 13.2 Å². The van der Waals surface area contributed by atoms with Crippen LogP contribution in [0.4, 0.5) is 10.8 Å². The first kappa shape index (κ1) is 20.8. The molecule has 2 heterocycles. The second-order valence-corrected chi connectivity index (χ2v) is 10.4. The molecule has 0 bridgehead atoms. The molecule has 4 rings (SSSR count). The van der Waals surface area contributed by atoms with Gasteiger partial charge in [0.2, 0.25) is 11.0 Å². The molecule has 0 saturated heterocycles. The van der Waals surface area contributed by atoms with Gasteiger partial charge in [-0.05, 0) is 30.3 Å². The van der Waals surface area contributed by atoms with Gasteiger partial charge in [-0.25, -0.2) is 0 Å². The molecule has 154 valence electrons. The number of amides is 1. The first-order chi connectivity index (χ1) is 14.4. The number of sulfonamides is 1. The van der Waals surface area contributed by atoms with E-state index >= 15 is 0 Å². The number of amidine groups is 1. The first-order valence-electron chi connectivity index (χ1n) is 8.64. The molecule has 12 heteroatoms. The van der Waals surface area contributed by atoms with Crippen molar-refractivity contribution >= 4 is 67.3 Å². The fraction of sp³-hybridized carbons (Fsp3) is 0.111. The van der Waals surface area contributed by atoms with Gasteiger partial charge in [0, 0.05) is 28.4 Å². The first-order valence-corrected chi connectivity index (χ1v) is 12.3. The van der Waals surface area contributed by atoms with Crippen LogP contribution in [0.15, 0.2) is 62.2 Å². The van der Waals surface area contributed by atoms with Gasteiger partial charge in [-0.3, -0.25) is 4.79 Å². The number of rotatable bonds is 6. The summed E-state index contributed by atoms with van der Waals surface area (Å²) in [5.74, 6) is 0.605. The van der Waals surface area contributed by atoms with E-state index in [0.29, 0.717) is 31.5 Å². The van der Waals surface area contributed by atoms with Crippen LogP contribution in [0.3, 0.4) is 0 Å². The smallest absolute Gasteiger partial charge is 0.285 e. The molecule has 3 aromatic rings. The summed E-state index contributed by atoms with van der Waals surface area (Å²) < 4.78 is 28.6. The van der Waals surface area contributed by atoms with Crippen LogP contribution in [-0.2, 0) is 14.8 Å². The SMILES string of the molecule is O=C(CCSc1nnc(NC2=NS(=O)(=O)c3ccccc32)s1)Nc1cccc(Cl)c1. The summed E-state index contributed by atoms with van der Waals surface area (Å²) >= 11 is 8.55. The Bertz CT molecular complexity index is 1240. The van der Waals surface area contributed by atoms with Crippen LogP contribution in [0.2, 0.25) is 5.02 Å². The Morgan fingerprint density at radius 1 is 1.13 bits per heavy atom. The summed E-state index contributed by atoms with van der Waals surface area (Å²) in [6.07, 6.45) is 0.290. The van der Waals surface area contributed by atoms with Gasteiger partial charge in [0.25, 0.3) is 10.0 Å². The second kappa shape index (κ2) is 8.72. The molecule has 2 aromatic carbocycles. The van der Waals surface area contributed by atoms with Gasteiger partial charge in [0.1, 0.15) is 4.90 Å². The van der Waals surface area contributed by atoms with Gasteiger partial charge < -0.3 is 10.6 Å². The number of hydrogen-bond donors (Lipinski definition) is 2. The van der Waals surface area contributed by atoms with Crippen molar-refractivity contribution in [3.63, 3.8) is 0 Å². The predicted octanol–water partition coefficient (Wildman–Crippen LogP) is 3.87. The van der Waals surface area contributed by atoms with Crippen LogP contribution in [0.1, 0.15) is 12.0 Å². The number of nitrogens with zero attached hydrogens (tertiary/aromatic N) is 3. The number of anilines is 2. The molecular weight excluding hydrogens is 466 g/mol. The number of halogens is 1. The molecular formula is C18H14ClN5O3S3. The van der Waals surface area contributed by atoms with Crippen LogP contribution in [0.25, 0.3) is 0 Å². The van der Waals surface area contributed by atoms with Crippen molar-refractivity contribution in [3.05, 3.63) is 59.1 Å². The van der Waals surface area contributed by atoms with E-state index in [0.717, 1.165) is 0 Å². The Morgan fingerprint density at radius 3 is 2.80 bits per heavy atom. The summed E-state index contributed by atoms with van der Waals surface area (Å²) in [4.78, 5) is 12.2. The summed E-state index contributed by atoms with van der Waals surface area (Å²) in [7, 11) is -3.70. The molecule has 0 aliphatic carbocycles. The normalized spacial score (nSPS) is 14.1. The molecule has 0 radical (unpaired) electrons. The summed E-state index contributed by atoms with van der Waals surface area (Å²) in [6, 6.07) is 13.5. The third-order valence-corrected chi connectivity index (χ3v) is 7.47. The molecule has 0 unspecified atom stereocenters. The van der Waals surface area contributed by atoms with Crippen molar-refractivity contribution in [1.29, 1.82) is 0 Å². The minimum absolute atomic E-state index is 0.130. The van der Waals surface area contributed by atoms with E-state index in [-0.39, 0.29) is 23.1 Å². The number of hydrogen-bond acceptors (Lipinski definition) is 8. The molecule has 0 fully saturated rings. The average Bonchev–Trinajstić information content (AvgIpc) is 3.24. The van der Waals surface area contributed by atoms with E-state index < -0.39 is 10.0 Å². The number of fused-ring (bicyclic) bond motifs is 1. The molecule has 8 nitrogen and oxygen atoms in total. The number of carbonyl (C=O) groups excluding carboxylic acids is 1. The highest BCUT2D eigenvalue weighted by molar-refractivity contribution is 8.01. The van der Waals surface area contributed by atoms with Gasteiger partial charge in [-0.2, -0.15) is 8.42 Å². The molecule has 1 aliphatic rings. The zero-order valence-corrected chi connectivity index (χ0v) is 18.4. The van der Waals surface area contributed by atoms with Gasteiger partial charge in [-0.1, -0.05) is 52.9 Å². The van der Waals surface area contributed by atoms with Crippen molar-refractivity contribution in [2.45, 2.75) is 15.7 Å². The molecule has 1 amide bonds. The lowest BCUT2D eigenvalue weighted by molar-refractivity contribution is -0.115. The summed E-state index contributed by atoms with van der Waals surface area (Å²) in [5.41, 5.74) is 1.15. The number of nitrogens with one attached hydrogen (secondary N) is 2. The Labute approximate surface area is 185 Å². The highest BCUT2D eigenvalue weighted by Gasteiger charge is 2.29. The number of carbonyl (C=O) groups is 1. The van der Waals surface area contributed by atoms with Crippen LogP contribution < -0.4 is 10.6 Å². The zero-order valence-electron chi connectivity index (χ0n) is 15.2. The maximum absolute atomic E-state index is 12.1. The standard InChI is InChI=1S/C18H14ClN5O3S3/c19-11-4-3-5-12(10-11)20-15(25)8-9-28-18-23-22-17(29-18)21-16-13-6-1-2-7-14(13)30(26,27)24-16/h1-7,10H,8-9H2,(H,20,25)(H,21,22,24). The van der Waals surface area contributed by atoms with E-state index in [1.165, 1.54) is 29.2 Å². The minimum Gasteiger partial charge on any atom is -0.326 e. The van der Waals surface area contributed by atoms with E-state index in [4.69, 9.17) is 11.6 Å². The number of benzene rings is 2. The Morgan fingerprint density at radius 2 is 1.97 bits per heavy atom. The molecule has 2 N–H and O–H groups in total. The largest absolute Gasteiger partial charge is 0.326 e. The van der Waals surface area contributed by atoms with Crippen LogP contribution in [0.5, 0.6) is 0 Å². The third kappa shape index (κ3) is 4.81. The van der Waals surface area contributed by atoms with Crippen molar-refractivity contribution in [1.82, 2.24) is 10.2 Å². The maximum Gasteiger partial charge on any atom is 0.285 e. The third-order valence-electron chi connectivity index (χ3n) is 3.93. The van der Waals surface area contributed by atoms with Gasteiger partial charge in [0.15, 0.2) is 10.2 Å². The molecule has 0 spiro atoms. The van der Waals surface area contributed by atoms with Crippen LogP contribution in [-0.4, -0.2) is 36.1 Å². The van der Waals surface area contributed by atoms with E-state index in [1.807, 2.05) is 0 Å². The van der Waals surface area contributed by atoms with Crippen LogP contribution >= 0.6 is 34.7 Å². The van der Waals surface area contributed by atoms with E-state index in [9.17, 15) is 13.2 Å². The summed E-state index contributed by atoms with van der Waals surface area (Å²) in [5, 5.41) is 14.8. The van der Waals surface area contributed by atoms with Crippen molar-refractivity contribution in [3.8, 4) is 0 Å².